The van der Waals surface area contributed by atoms with Crippen LogP contribution in [0.15, 0.2) is 42.6 Å². The van der Waals surface area contributed by atoms with Crippen LogP contribution in [0.25, 0.3) is 22.3 Å². The van der Waals surface area contributed by atoms with E-state index in [1.807, 2.05) is 57.0 Å². The molecule has 2 heterocycles. The van der Waals surface area contributed by atoms with Gasteiger partial charge in [-0.2, -0.15) is 5.10 Å². The number of carbonyl (C=O) groups excluding carboxylic acids is 1. The summed E-state index contributed by atoms with van der Waals surface area (Å²) in [5.74, 6) is 0.283. The average molecular weight is 492 g/mol. The number of carbonyl (C=O) groups is 1. The van der Waals surface area contributed by atoms with E-state index < -0.39 is 0 Å². The number of nitrogens with zero attached hydrogens (tertiary/aromatic N) is 5. The number of amides is 1. The molecule has 182 valence electrons. The van der Waals surface area contributed by atoms with Crippen molar-refractivity contribution in [2.75, 3.05) is 26.5 Å². The Balaban J connectivity index is 1.79. The third-order valence-electron chi connectivity index (χ3n) is 6.04. The fourth-order valence-electron chi connectivity index (χ4n) is 4.13. The number of aryl methyl sites for hydroxylation is 1. The van der Waals surface area contributed by atoms with E-state index in [4.69, 9.17) is 21.6 Å². The number of rotatable bonds is 8. The summed E-state index contributed by atoms with van der Waals surface area (Å²) < 4.78 is 1.92. The Morgan fingerprint density at radius 2 is 1.94 bits per heavy atom. The van der Waals surface area contributed by atoms with Crippen molar-refractivity contribution in [3.63, 3.8) is 0 Å². The highest BCUT2D eigenvalue weighted by atomic mass is 35.5. The van der Waals surface area contributed by atoms with E-state index in [9.17, 15) is 4.79 Å². The number of hydrogen-bond donors (Lipinski definition) is 2. The van der Waals surface area contributed by atoms with Crippen molar-refractivity contribution < 1.29 is 4.79 Å². The van der Waals surface area contributed by atoms with E-state index >= 15 is 0 Å². The van der Waals surface area contributed by atoms with Gasteiger partial charge >= 0.3 is 0 Å². The Bertz CT molecular complexity index is 1380. The molecule has 35 heavy (non-hydrogen) atoms. The Morgan fingerprint density at radius 3 is 2.63 bits per heavy atom. The molecule has 2 aromatic heterocycles. The predicted octanol–water partition coefficient (Wildman–Crippen LogP) is 4.51. The molecule has 0 saturated carbocycles. The van der Waals surface area contributed by atoms with Crippen LogP contribution in [0.3, 0.4) is 0 Å². The van der Waals surface area contributed by atoms with Crippen molar-refractivity contribution in [1.82, 2.24) is 30.0 Å². The second-order valence-corrected chi connectivity index (χ2v) is 8.92. The van der Waals surface area contributed by atoms with Gasteiger partial charge in [0.2, 0.25) is 0 Å². The van der Waals surface area contributed by atoms with Crippen LogP contribution in [0.5, 0.6) is 0 Å². The van der Waals surface area contributed by atoms with Gasteiger partial charge in [-0.1, -0.05) is 11.6 Å². The number of anilines is 1. The van der Waals surface area contributed by atoms with Gasteiger partial charge < -0.3 is 15.5 Å². The van der Waals surface area contributed by atoms with Gasteiger partial charge in [0.15, 0.2) is 5.82 Å². The van der Waals surface area contributed by atoms with Crippen molar-refractivity contribution >= 4 is 34.1 Å². The molecule has 0 bridgehead atoms. The van der Waals surface area contributed by atoms with Gasteiger partial charge in [0.05, 0.1) is 11.7 Å². The average Bonchev–Trinajstić information content (AvgIpc) is 3.21. The smallest absolute Gasteiger partial charge is 0.273 e. The van der Waals surface area contributed by atoms with E-state index in [2.05, 4.69) is 21.8 Å². The Kier molecular flexibility index (Phi) is 7.33. The van der Waals surface area contributed by atoms with Gasteiger partial charge in [-0.3, -0.25) is 9.48 Å². The number of aromatic nitrogens is 4. The maximum absolute atomic E-state index is 13.7. The quantitative estimate of drug-likeness (QED) is 0.377. The third kappa shape index (κ3) is 5.13. The first-order valence-electron chi connectivity index (χ1n) is 11.5. The minimum absolute atomic E-state index is 0.204. The highest BCUT2D eigenvalue weighted by Gasteiger charge is 2.21. The Hall–Kier alpha value is -3.49. The van der Waals surface area contributed by atoms with Crippen LogP contribution in [0.2, 0.25) is 5.02 Å². The summed E-state index contributed by atoms with van der Waals surface area (Å²) in [7, 11) is 5.55. The lowest BCUT2D eigenvalue weighted by Gasteiger charge is -2.18. The zero-order valence-corrected chi connectivity index (χ0v) is 21.4. The molecular formula is C26H30ClN7O. The molecule has 2 aromatic carbocycles. The maximum atomic E-state index is 13.7. The maximum Gasteiger partial charge on any atom is 0.273 e. The van der Waals surface area contributed by atoms with Gasteiger partial charge in [0.25, 0.3) is 5.91 Å². The van der Waals surface area contributed by atoms with E-state index in [0.717, 1.165) is 34.6 Å². The van der Waals surface area contributed by atoms with Gasteiger partial charge in [0.1, 0.15) is 5.69 Å². The number of halogens is 1. The van der Waals surface area contributed by atoms with Crippen LogP contribution in [-0.2, 0) is 19.6 Å². The molecule has 2 N–H and O–H groups in total. The molecule has 9 heteroatoms. The highest BCUT2D eigenvalue weighted by Crippen LogP contribution is 2.28. The number of fused-ring (bicyclic) bond motifs is 1. The van der Waals surface area contributed by atoms with Crippen LogP contribution in [0.1, 0.15) is 34.2 Å². The van der Waals surface area contributed by atoms with Crippen LogP contribution in [0.4, 0.5) is 5.69 Å². The summed E-state index contributed by atoms with van der Waals surface area (Å²) in [6.45, 7) is 5.96. The predicted molar refractivity (Wildman–Crippen MR) is 141 cm³/mol. The largest absolute Gasteiger partial charge is 0.388 e. The SMILES string of the molecule is CCn1ncc(CN(C)C(=O)c2nc(-c3cc(CNC)cc(NC)c3)nc3ccc(Cl)cc23)c1C. The van der Waals surface area contributed by atoms with Gasteiger partial charge in [0, 0.05) is 66.6 Å². The zero-order chi connectivity index (χ0) is 25.1. The summed E-state index contributed by atoms with van der Waals surface area (Å²) in [5, 5.41) is 11.9. The summed E-state index contributed by atoms with van der Waals surface area (Å²) in [5.41, 5.74) is 5.89. The summed E-state index contributed by atoms with van der Waals surface area (Å²) in [4.78, 5) is 24.9. The second kappa shape index (κ2) is 10.4. The molecule has 0 aliphatic rings. The molecule has 0 spiro atoms. The first kappa shape index (κ1) is 24.6. The van der Waals surface area contributed by atoms with Crippen LogP contribution < -0.4 is 10.6 Å². The standard InChI is InChI=1S/C26H30ClN7O/c1-6-34-16(2)19(14-30-34)15-33(5)26(35)24-22-12-20(27)7-8-23(22)31-25(32-24)18-9-17(13-28-3)10-21(11-18)29-4/h7-12,14,28-29H,6,13,15H2,1-5H3. The van der Waals surface area contributed by atoms with Gasteiger partial charge in [-0.15, -0.1) is 0 Å². The molecule has 4 aromatic rings. The van der Waals surface area contributed by atoms with E-state index in [1.165, 1.54) is 0 Å². The van der Waals surface area contributed by atoms with Gasteiger partial charge in [-0.05, 0) is 62.9 Å². The Labute approximate surface area is 210 Å². The van der Waals surface area contributed by atoms with Crippen LogP contribution in [-0.4, -0.2) is 51.7 Å². The molecule has 4 rings (SSSR count). The summed E-state index contributed by atoms with van der Waals surface area (Å²) in [6.07, 6.45) is 1.82. The molecule has 0 aliphatic heterocycles. The summed E-state index contributed by atoms with van der Waals surface area (Å²) in [6, 6.07) is 11.4. The van der Waals surface area contributed by atoms with Crippen molar-refractivity contribution in [1.29, 1.82) is 0 Å². The van der Waals surface area contributed by atoms with Crippen LogP contribution >= 0.6 is 11.6 Å². The Morgan fingerprint density at radius 1 is 1.14 bits per heavy atom. The zero-order valence-electron chi connectivity index (χ0n) is 20.7. The number of benzene rings is 2. The molecule has 1 amide bonds. The van der Waals surface area contributed by atoms with Gasteiger partial charge in [-0.25, -0.2) is 9.97 Å². The molecule has 0 aliphatic carbocycles. The molecule has 0 radical (unpaired) electrons. The molecule has 0 fully saturated rings. The third-order valence-corrected chi connectivity index (χ3v) is 6.27. The van der Waals surface area contributed by atoms with E-state index in [0.29, 0.717) is 40.5 Å². The fraction of sp³-hybridized carbons (Fsp3) is 0.308. The fourth-order valence-corrected chi connectivity index (χ4v) is 4.30. The molecule has 0 atom stereocenters. The van der Waals surface area contributed by atoms with Crippen molar-refractivity contribution in [2.24, 2.45) is 0 Å². The lowest BCUT2D eigenvalue weighted by atomic mass is 10.1. The number of hydrogen-bond acceptors (Lipinski definition) is 6. The lowest BCUT2D eigenvalue weighted by molar-refractivity contribution is 0.0781. The monoisotopic (exact) mass is 491 g/mol. The molecule has 0 unspecified atom stereocenters. The topological polar surface area (TPSA) is 88.0 Å². The second-order valence-electron chi connectivity index (χ2n) is 8.49. The lowest BCUT2D eigenvalue weighted by Crippen LogP contribution is -2.27. The number of nitrogens with one attached hydrogen (secondary N) is 2. The van der Waals surface area contributed by atoms with Crippen molar-refractivity contribution in [3.05, 3.63) is 70.1 Å². The van der Waals surface area contributed by atoms with Crippen molar-refractivity contribution in [3.8, 4) is 11.4 Å². The molecule has 0 saturated heterocycles. The summed E-state index contributed by atoms with van der Waals surface area (Å²) >= 11 is 6.29. The first-order valence-corrected chi connectivity index (χ1v) is 11.9. The molecular weight excluding hydrogens is 462 g/mol. The van der Waals surface area contributed by atoms with Crippen LogP contribution in [0, 0.1) is 6.92 Å². The van der Waals surface area contributed by atoms with E-state index in [-0.39, 0.29) is 5.91 Å². The minimum atomic E-state index is -0.204. The normalized spacial score (nSPS) is 11.1. The van der Waals surface area contributed by atoms with E-state index in [1.54, 1.807) is 24.1 Å². The molecule has 8 nitrogen and oxygen atoms in total. The minimum Gasteiger partial charge on any atom is -0.388 e. The first-order chi connectivity index (χ1) is 16.8. The van der Waals surface area contributed by atoms with Crippen molar-refractivity contribution in [2.45, 2.75) is 33.5 Å². The highest BCUT2D eigenvalue weighted by molar-refractivity contribution is 6.31.